The summed E-state index contributed by atoms with van der Waals surface area (Å²) in [7, 11) is 3.77. The molecule has 2 aromatic heterocycles. The van der Waals surface area contributed by atoms with Gasteiger partial charge in [-0.05, 0) is 13.5 Å². The van der Waals surface area contributed by atoms with Crippen molar-refractivity contribution in [1.82, 2.24) is 24.9 Å². The monoisotopic (exact) mass is 294 g/mol. The number of amides is 1. The molecule has 0 bridgehead atoms. The first kappa shape index (κ1) is 14.6. The fourth-order valence-electron chi connectivity index (χ4n) is 1.77. The van der Waals surface area contributed by atoms with Gasteiger partial charge in [-0.15, -0.1) is 10.2 Å². The lowest BCUT2D eigenvalue weighted by atomic mass is 10.3. The van der Waals surface area contributed by atoms with Crippen molar-refractivity contribution in [2.45, 2.75) is 19.9 Å². The van der Waals surface area contributed by atoms with E-state index in [-0.39, 0.29) is 5.91 Å². The Balaban J connectivity index is 1.81. The zero-order chi connectivity index (χ0) is 14.5. The lowest BCUT2D eigenvalue weighted by Gasteiger charge is -2.14. The lowest BCUT2D eigenvalue weighted by molar-refractivity contribution is -0.117. The minimum atomic E-state index is -0.0878. The van der Waals surface area contributed by atoms with Crippen LogP contribution in [0.3, 0.4) is 0 Å². The minimum Gasteiger partial charge on any atom is -0.299 e. The smallest absolute Gasteiger partial charge is 0.240 e. The van der Waals surface area contributed by atoms with Crippen LogP contribution in [0.4, 0.5) is 5.13 Å². The maximum atomic E-state index is 11.9. The average molecular weight is 294 g/mol. The predicted molar refractivity (Wildman–Crippen MR) is 77.5 cm³/mol. The number of hydrogen-bond acceptors (Lipinski definition) is 6. The van der Waals surface area contributed by atoms with Gasteiger partial charge >= 0.3 is 0 Å². The molecule has 2 heterocycles. The number of carbonyl (C=O) groups is 1. The first-order valence-electron chi connectivity index (χ1n) is 6.35. The zero-order valence-corrected chi connectivity index (χ0v) is 12.6. The van der Waals surface area contributed by atoms with Gasteiger partial charge in [0.25, 0.3) is 0 Å². The van der Waals surface area contributed by atoms with Crippen LogP contribution in [0, 0.1) is 0 Å². The van der Waals surface area contributed by atoms with E-state index >= 15 is 0 Å². The highest BCUT2D eigenvalue weighted by Crippen LogP contribution is 2.15. The highest BCUT2D eigenvalue weighted by atomic mass is 32.1. The van der Waals surface area contributed by atoms with Crippen molar-refractivity contribution >= 4 is 22.4 Å². The molecular weight excluding hydrogens is 276 g/mol. The normalized spacial score (nSPS) is 11.0. The third-order valence-corrected chi connectivity index (χ3v) is 3.62. The molecule has 8 heteroatoms. The summed E-state index contributed by atoms with van der Waals surface area (Å²) in [5.41, 5.74) is 1.08. The van der Waals surface area contributed by atoms with Crippen LogP contribution in [0.1, 0.15) is 17.5 Å². The Hall–Kier alpha value is -1.80. The molecular formula is C12H18N6OS. The van der Waals surface area contributed by atoms with E-state index in [1.54, 1.807) is 10.9 Å². The van der Waals surface area contributed by atoms with Gasteiger partial charge < -0.3 is 0 Å². The number of nitrogens with zero attached hydrogens (tertiary/aromatic N) is 5. The molecule has 0 aliphatic carbocycles. The van der Waals surface area contributed by atoms with Crippen molar-refractivity contribution in [2.24, 2.45) is 7.05 Å². The van der Waals surface area contributed by atoms with Gasteiger partial charge in [0.05, 0.1) is 12.7 Å². The van der Waals surface area contributed by atoms with Crippen LogP contribution in [0.2, 0.25) is 0 Å². The molecule has 108 valence electrons. The number of aromatic nitrogens is 4. The van der Waals surface area contributed by atoms with Gasteiger partial charge in [-0.1, -0.05) is 18.3 Å². The van der Waals surface area contributed by atoms with Crippen molar-refractivity contribution in [2.75, 3.05) is 18.9 Å². The van der Waals surface area contributed by atoms with Gasteiger partial charge in [-0.2, -0.15) is 5.10 Å². The van der Waals surface area contributed by atoms with Crippen LogP contribution >= 0.6 is 11.3 Å². The van der Waals surface area contributed by atoms with E-state index in [0.717, 1.165) is 17.0 Å². The van der Waals surface area contributed by atoms with Crippen LogP contribution < -0.4 is 5.32 Å². The maximum Gasteiger partial charge on any atom is 0.240 e. The second kappa shape index (κ2) is 6.58. The van der Waals surface area contributed by atoms with E-state index in [1.807, 2.05) is 32.1 Å². The van der Waals surface area contributed by atoms with Gasteiger partial charge in [0.2, 0.25) is 11.0 Å². The molecule has 0 radical (unpaired) electrons. The molecule has 0 aromatic carbocycles. The van der Waals surface area contributed by atoms with Crippen molar-refractivity contribution in [1.29, 1.82) is 0 Å². The third kappa shape index (κ3) is 4.10. The summed E-state index contributed by atoms with van der Waals surface area (Å²) < 4.78 is 1.75. The Labute approximate surface area is 121 Å². The molecule has 7 nitrogen and oxygen atoms in total. The molecule has 0 fully saturated rings. The van der Waals surface area contributed by atoms with Crippen molar-refractivity contribution in [3.63, 3.8) is 0 Å². The van der Waals surface area contributed by atoms with Gasteiger partial charge in [-0.3, -0.25) is 19.7 Å². The van der Waals surface area contributed by atoms with Gasteiger partial charge in [0.15, 0.2) is 0 Å². The highest BCUT2D eigenvalue weighted by Gasteiger charge is 2.11. The number of nitrogens with one attached hydrogen (secondary N) is 1. The third-order valence-electron chi connectivity index (χ3n) is 2.64. The van der Waals surface area contributed by atoms with Crippen molar-refractivity contribution < 1.29 is 4.79 Å². The second-order valence-corrected chi connectivity index (χ2v) is 5.66. The molecule has 2 aromatic rings. The number of carbonyl (C=O) groups excluding carboxylic acids is 1. The van der Waals surface area contributed by atoms with Crippen LogP contribution in [-0.4, -0.2) is 44.4 Å². The fraction of sp³-hybridized carbons (Fsp3) is 0.500. The summed E-state index contributed by atoms with van der Waals surface area (Å²) in [5, 5.41) is 16.2. The molecule has 20 heavy (non-hydrogen) atoms. The minimum absolute atomic E-state index is 0.0878. The van der Waals surface area contributed by atoms with Gasteiger partial charge in [-0.25, -0.2) is 0 Å². The van der Waals surface area contributed by atoms with Crippen LogP contribution in [0.5, 0.6) is 0 Å². The maximum absolute atomic E-state index is 11.9. The summed E-state index contributed by atoms with van der Waals surface area (Å²) in [5.74, 6) is -0.0878. The first-order chi connectivity index (χ1) is 9.56. The topological polar surface area (TPSA) is 75.9 Å². The van der Waals surface area contributed by atoms with Crippen LogP contribution in [-0.2, 0) is 24.8 Å². The summed E-state index contributed by atoms with van der Waals surface area (Å²) in [6.07, 6.45) is 4.56. The van der Waals surface area contributed by atoms with E-state index in [4.69, 9.17) is 0 Å². The molecule has 1 N–H and O–H groups in total. The quantitative estimate of drug-likeness (QED) is 0.857. The second-order valence-electron chi connectivity index (χ2n) is 4.60. The Kier molecular flexibility index (Phi) is 4.80. The number of likely N-dealkylation sites (N-methyl/N-ethyl adjacent to an activating group) is 1. The molecule has 0 spiro atoms. The van der Waals surface area contributed by atoms with E-state index in [2.05, 4.69) is 20.6 Å². The molecule has 2 rings (SSSR count). The Morgan fingerprint density at radius 1 is 1.50 bits per heavy atom. The van der Waals surface area contributed by atoms with E-state index < -0.39 is 0 Å². The average Bonchev–Trinajstić information content (AvgIpc) is 2.98. The fourth-order valence-corrected chi connectivity index (χ4v) is 2.47. The summed E-state index contributed by atoms with van der Waals surface area (Å²) in [6.45, 7) is 2.99. The molecule has 0 atom stereocenters. The lowest BCUT2D eigenvalue weighted by Crippen LogP contribution is -2.29. The molecule has 0 aliphatic heterocycles. The summed E-state index contributed by atoms with van der Waals surface area (Å²) >= 11 is 1.41. The highest BCUT2D eigenvalue weighted by molar-refractivity contribution is 7.15. The van der Waals surface area contributed by atoms with Gasteiger partial charge in [0.1, 0.15) is 5.01 Å². The molecule has 0 saturated carbocycles. The number of anilines is 1. The zero-order valence-electron chi connectivity index (χ0n) is 11.8. The number of hydrogen-bond donors (Lipinski definition) is 1. The largest absolute Gasteiger partial charge is 0.299 e. The SMILES string of the molecule is CCc1nnc(NC(=O)CN(C)Cc2cnn(C)c2)s1. The summed E-state index contributed by atoms with van der Waals surface area (Å²) in [4.78, 5) is 13.8. The standard InChI is InChI=1S/C12H18N6OS/c1-4-11-15-16-12(20-11)14-10(19)8-17(2)6-9-5-13-18(3)7-9/h5,7H,4,6,8H2,1-3H3,(H,14,16,19). The van der Waals surface area contributed by atoms with E-state index in [0.29, 0.717) is 18.2 Å². The van der Waals surface area contributed by atoms with Crippen LogP contribution in [0.25, 0.3) is 0 Å². The molecule has 1 amide bonds. The Morgan fingerprint density at radius 2 is 2.30 bits per heavy atom. The number of aryl methyl sites for hydroxylation is 2. The molecule has 0 saturated heterocycles. The summed E-state index contributed by atoms with van der Waals surface area (Å²) in [6, 6.07) is 0. The Morgan fingerprint density at radius 3 is 2.90 bits per heavy atom. The van der Waals surface area contributed by atoms with Gasteiger partial charge in [0, 0.05) is 25.4 Å². The van der Waals surface area contributed by atoms with Crippen molar-refractivity contribution in [3.05, 3.63) is 23.0 Å². The van der Waals surface area contributed by atoms with Crippen molar-refractivity contribution in [3.8, 4) is 0 Å². The predicted octanol–water partition coefficient (Wildman–Crippen LogP) is 0.904. The molecule has 0 unspecified atom stereocenters. The van der Waals surface area contributed by atoms with E-state index in [9.17, 15) is 4.79 Å². The van der Waals surface area contributed by atoms with E-state index in [1.165, 1.54) is 11.3 Å². The molecule has 0 aliphatic rings. The number of rotatable bonds is 6. The van der Waals surface area contributed by atoms with Crippen LogP contribution in [0.15, 0.2) is 12.4 Å². The Bertz CT molecular complexity index is 578. The first-order valence-corrected chi connectivity index (χ1v) is 7.16.